The molecule has 11 nitrogen and oxygen atoms in total. The molecular formula is C27H30Cl2N2O9. The molecule has 1 aliphatic rings. The number of aliphatic carboxylic acids is 2. The van der Waals surface area contributed by atoms with E-state index in [-0.39, 0.29) is 35.3 Å². The minimum absolute atomic E-state index is 0.165. The highest BCUT2D eigenvalue weighted by molar-refractivity contribution is 6.38. The second-order valence-corrected chi connectivity index (χ2v) is 9.93. The Kier molecular flexibility index (Phi) is 11.4. The SMILES string of the molecule is Nc1c(Cl)cc(C(O)CNCCCCC(CC2COc3ccccc3O2)C(=O)OC(=CC(=O)O)C(=O)O)cc1Cl. The molecule has 3 atom stereocenters. The lowest BCUT2D eigenvalue weighted by Gasteiger charge is -2.28. The van der Waals surface area contributed by atoms with E-state index in [1.165, 1.54) is 0 Å². The smallest absolute Gasteiger partial charge is 0.372 e. The molecule has 0 aliphatic carbocycles. The van der Waals surface area contributed by atoms with Crippen molar-refractivity contribution in [2.75, 3.05) is 25.4 Å². The van der Waals surface area contributed by atoms with E-state index in [1.807, 2.05) is 0 Å². The number of aliphatic hydroxyl groups excluding tert-OH is 1. The van der Waals surface area contributed by atoms with E-state index in [1.54, 1.807) is 36.4 Å². The number of nitrogens with one attached hydrogen (secondary N) is 1. The first kappa shape index (κ1) is 31.0. The molecule has 0 amide bonds. The summed E-state index contributed by atoms with van der Waals surface area (Å²) in [6.45, 7) is 0.901. The predicted molar refractivity (Wildman–Crippen MR) is 146 cm³/mol. The van der Waals surface area contributed by atoms with Gasteiger partial charge in [0.15, 0.2) is 11.5 Å². The van der Waals surface area contributed by atoms with Crippen molar-refractivity contribution in [1.29, 1.82) is 0 Å². The molecule has 216 valence electrons. The van der Waals surface area contributed by atoms with E-state index in [2.05, 4.69) is 5.32 Å². The third-order valence-electron chi connectivity index (χ3n) is 6.10. The van der Waals surface area contributed by atoms with Crippen LogP contribution in [0.4, 0.5) is 5.69 Å². The summed E-state index contributed by atoms with van der Waals surface area (Å²) in [6.07, 6.45) is 0.575. The van der Waals surface area contributed by atoms with Crippen LogP contribution in [0.25, 0.3) is 0 Å². The number of carboxylic acids is 2. The maximum Gasteiger partial charge on any atom is 0.372 e. The van der Waals surface area contributed by atoms with Crippen molar-refractivity contribution in [3.8, 4) is 11.5 Å². The number of benzene rings is 2. The van der Waals surface area contributed by atoms with Gasteiger partial charge in [0.1, 0.15) is 12.7 Å². The van der Waals surface area contributed by atoms with Crippen molar-refractivity contribution in [3.05, 3.63) is 63.8 Å². The van der Waals surface area contributed by atoms with Crippen molar-refractivity contribution >= 4 is 46.8 Å². The zero-order chi connectivity index (χ0) is 29.2. The Hall–Kier alpha value is -3.51. The van der Waals surface area contributed by atoms with E-state index in [0.717, 1.165) is 0 Å². The van der Waals surface area contributed by atoms with Gasteiger partial charge in [-0.2, -0.15) is 0 Å². The number of nitrogen functional groups attached to an aromatic ring is 1. The summed E-state index contributed by atoms with van der Waals surface area (Å²) >= 11 is 12.1. The Morgan fingerprint density at radius 3 is 2.45 bits per heavy atom. The van der Waals surface area contributed by atoms with Gasteiger partial charge in [0.2, 0.25) is 5.76 Å². The van der Waals surface area contributed by atoms with Gasteiger partial charge in [-0.3, -0.25) is 4.79 Å². The molecule has 0 fully saturated rings. The number of anilines is 1. The molecule has 0 saturated carbocycles. The zero-order valence-corrected chi connectivity index (χ0v) is 22.9. The van der Waals surface area contributed by atoms with E-state index in [9.17, 15) is 24.6 Å². The number of carbonyl (C=O) groups excluding carboxylic acids is 1. The number of carboxylic acid groups (broad SMARTS) is 2. The molecule has 1 heterocycles. The number of fused-ring (bicyclic) bond motifs is 1. The summed E-state index contributed by atoms with van der Waals surface area (Å²) in [5.41, 5.74) is 6.48. The van der Waals surface area contributed by atoms with Crippen LogP contribution in [0.2, 0.25) is 10.0 Å². The number of rotatable bonds is 14. The van der Waals surface area contributed by atoms with E-state index >= 15 is 0 Å². The molecule has 3 rings (SSSR count). The Labute approximate surface area is 240 Å². The first-order chi connectivity index (χ1) is 19.0. The van der Waals surface area contributed by atoms with Gasteiger partial charge in [0, 0.05) is 13.0 Å². The fourth-order valence-corrected chi connectivity index (χ4v) is 4.56. The van der Waals surface area contributed by atoms with Gasteiger partial charge in [0.05, 0.1) is 33.8 Å². The Balaban J connectivity index is 1.55. The lowest BCUT2D eigenvalue weighted by Crippen LogP contribution is -2.34. The molecule has 0 aromatic heterocycles. The fourth-order valence-electron chi connectivity index (χ4n) is 4.06. The monoisotopic (exact) mass is 596 g/mol. The molecule has 6 N–H and O–H groups in total. The van der Waals surface area contributed by atoms with Gasteiger partial charge < -0.3 is 40.6 Å². The number of esters is 1. The van der Waals surface area contributed by atoms with Crippen LogP contribution in [-0.2, 0) is 19.1 Å². The van der Waals surface area contributed by atoms with Crippen LogP contribution in [0, 0.1) is 5.92 Å². The minimum Gasteiger partial charge on any atom is -0.486 e. The highest BCUT2D eigenvalue weighted by atomic mass is 35.5. The van der Waals surface area contributed by atoms with Crippen LogP contribution in [0.3, 0.4) is 0 Å². The fraction of sp³-hybridized carbons (Fsp3) is 0.370. The van der Waals surface area contributed by atoms with Gasteiger partial charge in [-0.05, 0) is 49.2 Å². The summed E-state index contributed by atoms with van der Waals surface area (Å²) in [5.74, 6) is -4.78. The molecule has 2 aromatic rings. The molecule has 2 aromatic carbocycles. The maximum atomic E-state index is 12.9. The summed E-state index contributed by atoms with van der Waals surface area (Å²) < 4.78 is 16.6. The van der Waals surface area contributed by atoms with Crippen LogP contribution in [-0.4, -0.2) is 59.0 Å². The average Bonchev–Trinajstić information content (AvgIpc) is 2.91. The molecule has 13 heteroatoms. The third-order valence-corrected chi connectivity index (χ3v) is 6.73. The summed E-state index contributed by atoms with van der Waals surface area (Å²) in [5, 5.41) is 32.2. The highest BCUT2D eigenvalue weighted by Crippen LogP contribution is 2.33. The second kappa shape index (κ2) is 14.8. The van der Waals surface area contributed by atoms with Crippen molar-refractivity contribution in [1.82, 2.24) is 5.32 Å². The van der Waals surface area contributed by atoms with Crippen molar-refractivity contribution in [2.45, 2.75) is 37.9 Å². The summed E-state index contributed by atoms with van der Waals surface area (Å²) in [4.78, 5) is 35.2. The number of para-hydroxylation sites is 2. The number of aliphatic hydroxyl groups is 1. The number of hydrogen-bond acceptors (Lipinski definition) is 9. The first-order valence-corrected chi connectivity index (χ1v) is 13.2. The van der Waals surface area contributed by atoms with Crippen LogP contribution >= 0.6 is 23.2 Å². The van der Waals surface area contributed by atoms with E-state index < -0.39 is 41.8 Å². The number of halogens is 2. The lowest BCUT2D eigenvalue weighted by atomic mass is 9.95. The van der Waals surface area contributed by atoms with Crippen LogP contribution < -0.4 is 20.5 Å². The molecule has 40 heavy (non-hydrogen) atoms. The molecule has 0 saturated heterocycles. The standard InChI is InChI=1S/C27H30Cl2N2O9/c28-18-10-16(11-19(29)25(18)30)20(32)13-31-8-4-3-5-15(27(37)40-23(26(35)36)12-24(33)34)9-17-14-38-21-6-1-2-7-22(21)39-17/h1-2,6-7,10-12,15,17,20,31-32H,3-5,8-9,13-14,30H2,(H,33,34)(H,35,36). The van der Waals surface area contributed by atoms with Crippen molar-refractivity contribution in [3.63, 3.8) is 0 Å². The molecule has 0 spiro atoms. The van der Waals surface area contributed by atoms with Gasteiger partial charge in [0.25, 0.3) is 0 Å². The number of ether oxygens (including phenoxy) is 3. The maximum absolute atomic E-state index is 12.9. The average molecular weight is 597 g/mol. The first-order valence-electron chi connectivity index (χ1n) is 12.5. The molecular weight excluding hydrogens is 567 g/mol. The minimum atomic E-state index is -1.67. The van der Waals surface area contributed by atoms with Crippen molar-refractivity contribution < 1.29 is 43.9 Å². The van der Waals surface area contributed by atoms with Crippen molar-refractivity contribution in [2.24, 2.45) is 5.92 Å². The quantitative estimate of drug-likeness (QED) is 0.0703. The lowest BCUT2D eigenvalue weighted by molar-refractivity contribution is -0.152. The van der Waals surface area contributed by atoms with E-state index in [0.29, 0.717) is 48.9 Å². The third kappa shape index (κ3) is 9.02. The van der Waals surface area contributed by atoms with Gasteiger partial charge in [-0.25, -0.2) is 9.59 Å². The van der Waals surface area contributed by atoms with Crippen LogP contribution in [0.1, 0.15) is 37.4 Å². The number of unbranched alkanes of at least 4 members (excludes halogenated alkanes) is 1. The Morgan fingerprint density at radius 2 is 1.80 bits per heavy atom. The summed E-state index contributed by atoms with van der Waals surface area (Å²) in [7, 11) is 0. The second-order valence-electron chi connectivity index (χ2n) is 9.12. The van der Waals surface area contributed by atoms with Crippen LogP contribution in [0.15, 0.2) is 48.2 Å². The number of hydrogen-bond donors (Lipinski definition) is 5. The molecule has 0 radical (unpaired) electrons. The highest BCUT2D eigenvalue weighted by Gasteiger charge is 2.30. The number of carbonyl (C=O) groups is 3. The Morgan fingerprint density at radius 1 is 1.12 bits per heavy atom. The predicted octanol–water partition coefficient (Wildman–Crippen LogP) is 3.81. The molecule has 1 aliphatic heterocycles. The largest absolute Gasteiger partial charge is 0.486 e. The van der Waals surface area contributed by atoms with Gasteiger partial charge in [-0.1, -0.05) is 41.8 Å². The topological polar surface area (TPSA) is 178 Å². The normalized spacial score (nSPS) is 16.2. The van der Waals surface area contributed by atoms with Gasteiger partial charge >= 0.3 is 17.9 Å². The number of nitrogens with two attached hydrogens (primary N) is 1. The van der Waals surface area contributed by atoms with Crippen LogP contribution in [0.5, 0.6) is 11.5 Å². The molecule has 0 bridgehead atoms. The zero-order valence-electron chi connectivity index (χ0n) is 21.3. The van der Waals surface area contributed by atoms with E-state index in [4.69, 9.17) is 48.3 Å². The summed E-state index contributed by atoms with van der Waals surface area (Å²) in [6, 6.07) is 10.2. The van der Waals surface area contributed by atoms with Gasteiger partial charge in [-0.15, -0.1) is 0 Å². The Bertz CT molecular complexity index is 1230. The molecule has 3 unspecified atom stereocenters.